The van der Waals surface area contributed by atoms with Gasteiger partial charge in [-0.3, -0.25) is 19.1 Å². The fraction of sp³-hybridized carbons (Fsp3) is 0.634. The van der Waals surface area contributed by atoms with Gasteiger partial charge < -0.3 is 34.5 Å². The normalized spacial score (nSPS) is 32.2. The Morgan fingerprint density at radius 3 is 2.50 bits per heavy atom. The Hall–Kier alpha value is -4.51. The van der Waals surface area contributed by atoms with Gasteiger partial charge in [0.1, 0.15) is 40.9 Å². The highest BCUT2D eigenvalue weighted by Gasteiger charge is 2.64. The van der Waals surface area contributed by atoms with Gasteiger partial charge in [-0.25, -0.2) is 22.6 Å². The molecule has 58 heavy (non-hydrogen) atoms. The third-order valence-electron chi connectivity index (χ3n) is 13.1. The summed E-state index contributed by atoms with van der Waals surface area (Å²) in [7, 11) is -2.85. The highest BCUT2D eigenvalue weighted by atomic mass is 32.2. The molecule has 320 valence electrons. The molecule has 3 aliphatic carbocycles. The molecule has 6 aliphatic rings. The quantitative estimate of drug-likeness (QED) is 0.287. The molecule has 3 saturated carbocycles. The van der Waals surface area contributed by atoms with Crippen LogP contribution in [0.2, 0.25) is 0 Å². The van der Waals surface area contributed by atoms with Gasteiger partial charge in [-0.15, -0.1) is 0 Å². The van der Waals surface area contributed by atoms with Crippen LogP contribution in [0.4, 0.5) is 9.18 Å². The molecule has 5 fully saturated rings. The van der Waals surface area contributed by atoms with E-state index in [1.54, 1.807) is 0 Å². The summed E-state index contributed by atoms with van der Waals surface area (Å²) in [6.45, 7) is 3.33. The molecule has 0 radical (unpaired) electrons. The van der Waals surface area contributed by atoms with Crippen molar-refractivity contribution >= 4 is 44.6 Å². The molecule has 2 saturated heterocycles. The number of aromatic nitrogens is 1. The van der Waals surface area contributed by atoms with E-state index in [2.05, 4.69) is 27.3 Å². The fourth-order valence-corrected chi connectivity index (χ4v) is 10.4. The van der Waals surface area contributed by atoms with Crippen molar-refractivity contribution in [2.75, 3.05) is 33.5 Å². The van der Waals surface area contributed by atoms with Crippen molar-refractivity contribution in [2.45, 2.75) is 106 Å². The Morgan fingerprint density at radius 1 is 1.10 bits per heavy atom. The van der Waals surface area contributed by atoms with Crippen molar-refractivity contribution in [1.82, 2.24) is 25.2 Å². The van der Waals surface area contributed by atoms with Crippen LogP contribution in [0.15, 0.2) is 42.6 Å². The molecule has 4 heterocycles. The summed E-state index contributed by atoms with van der Waals surface area (Å²) < 4.78 is 64.2. The Kier molecular flexibility index (Phi) is 10.6. The molecule has 4 amide bonds. The molecule has 3 N–H and O–H groups in total. The number of fused-ring (bicyclic) bond motifs is 3. The van der Waals surface area contributed by atoms with Gasteiger partial charge in [0.2, 0.25) is 27.7 Å². The zero-order valence-electron chi connectivity index (χ0n) is 33.0. The van der Waals surface area contributed by atoms with E-state index >= 15 is 0 Å². The van der Waals surface area contributed by atoms with Crippen LogP contribution in [-0.2, 0) is 33.9 Å². The Labute approximate surface area is 341 Å². The molecule has 0 bridgehead atoms. The number of carbonyl (C=O) groups is 4. The number of amides is 4. The molecule has 8 rings (SSSR count). The summed E-state index contributed by atoms with van der Waals surface area (Å²) in [5, 5.41) is 7.13. The molecule has 2 aromatic rings. The van der Waals surface area contributed by atoms with E-state index in [-0.39, 0.29) is 73.4 Å². The molecule has 15 nitrogen and oxygen atoms in total. The van der Waals surface area contributed by atoms with Gasteiger partial charge in [-0.2, -0.15) is 0 Å². The van der Waals surface area contributed by atoms with Crippen LogP contribution in [0.25, 0.3) is 10.8 Å². The average Bonchev–Trinajstić information content (AvgIpc) is 4.10. The number of nitrogens with one attached hydrogen (secondary N) is 3. The summed E-state index contributed by atoms with van der Waals surface area (Å²) >= 11 is 0. The predicted molar refractivity (Wildman–Crippen MR) is 214 cm³/mol. The third-order valence-corrected chi connectivity index (χ3v) is 15.2. The maximum Gasteiger partial charge on any atom is 0.408 e. The number of methoxy groups -OCH3 is 1. The molecule has 1 aromatic heterocycles. The molecule has 1 aromatic carbocycles. The van der Waals surface area contributed by atoms with Gasteiger partial charge in [-0.1, -0.05) is 44.2 Å². The number of alkyl halides is 1. The van der Waals surface area contributed by atoms with Crippen LogP contribution in [0.3, 0.4) is 0 Å². The minimum Gasteiger partial charge on any atom is -0.494 e. The van der Waals surface area contributed by atoms with Gasteiger partial charge in [0.05, 0.1) is 33.1 Å². The third kappa shape index (κ3) is 7.48. The lowest BCUT2D eigenvalue weighted by Gasteiger charge is -2.41. The Bertz CT molecular complexity index is 2120. The van der Waals surface area contributed by atoms with Gasteiger partial charge in [0.15, 0.2) is 5.60 Å². The van der Waals surface area contributed by atoms with Crippen LogP contribution < -0.4 is 24.8 Å². The number of nitrogens with zero attached hydrogens (tertiary/aromatic N) is 2. The SMILES string of the molecule is COc1cnc(O[C@@H]2C[C@H]3C(=O)N[C@]4(C(=O)NS(=O)(=O)C5(CF)CC5)C[C@H]4/C=C\CC[C@@H](C)C[C@@H](C)[C@H](NC(=O)OC4(C5CC5)COC4)C(=O)N3C2)c2ccccc12.[HH].[HH].[HH]. The number of sulfonamides is 1. The highest BCUT2D eigenvalue weighted by Crippen LogP contribution is 2.48. The van der Waals surface area contributed by atoms with E-state index in [1.807, 2.05) is 43.3 Å². The molecule has 3 aliphatic heterocycles. The van der Waals surface area contributed by atoms with E-state index in [1.165, 1.54) is 18.2 Å². The number of pyridine rings is 1. The van der Waals surface area contributed by atoms with Gasteiger partial charge >= 0.3 is 6.09 Å². The average molecular weight is 832 g/mol. The summed E-state index contributed by atoms with van der Waals surface area (Å²) in [6.07, 6.45) is 7.81. The van der Waals surface area contributed by atoms with Crippen LogP contribution in [0.1, 0.15) is 75.9 Å². The maximum atomic E-state index is 15.0. The lowest BCUT2D eigenvalue weighted by molar-refractivity contribution is -0.190. The van der Waals surface area contributed by atoms with Crippen LogP contribution in [0.5, 0.6) is 11.6 Å². The van der Waals surface area contributed by atoms with Gasteiger partial charge in [-0.05, 0) is 69.3 Å². The number of hydrogen-bond donors (Lipinski definition) is 3. The highest BCUT2D eigenvalue weighted by molar-refractivity contribution is 7.91. The molecule has 0 unspecified atom stereocenters. The fourth-order valence-electron chi connectivity index (χ4n) is 8.94. The van der Waals surface area contributed by atoms with E-state index in [0.717, 1.165) is 24.6 Å². The lowest BCUT2D eigenvalue weighted by Crippen LogP contribution is -2.61. The number of allylic oxidation sites excluding steroid dienone is 1. The van der Waals surface area contributed by atoms with Gasteiger partial charge in [0.25, 0.3) is 5.91 Å². The minimum absolute atomic E-state index is 0. The largest absolute Gasteiger partial charge is 0.494 e. The summed E-state index contributed by atoms with van der Waals surface area (Å²) in [5.41, 5.74) is -2.39. The van der Waals surface area contributed by atoms with E-state index < -0.39 is 80.5 Å². The number of alkyl carbamates (subject to hydrolysis) is 1. The molecular formula is C41H58FN5O10S. The number of carbonyl (C=O) groups excluding carboxylic acids is 4. The first-order chi connectivity index (χ1) is 27.7. The Morgan fingerprint density at radius 2 is 1.84 bits per heavy atom. The summed E-state index contributed by atoms with van der Waals surface area (Å²) in [5.74, 6) is -1.98. The van der Waals surface area contributed by atoms with Gasteiger partial charge in [0, 0.05) is 33.3 Å². The minimum atomic E-state index is -4.39. The first-order valence-corrected chi connectivity index (χ1v) is 21.8. The van der Waals surface area contributed by atoms with Crippen molar-refractivity contribution in [1.29, 1.82) is 0 Å². The monoisotopic (exact) mass is 831 g/mol. The zero-order chi connectivity index (χ0) is 41.0. The summed E-state index contributed by atoms with van der Waals surface area (Å²) in [4.78, 5) is 63.0. The molecule has 0 spiro atoms. The topological polar surface area (TPSA) is 192 Å². The van der Waals surface area contributed by atoms with Crippen molar-refractivity contribution < 1.29 is 55.2 Å². The second-order valence-corrected chi connectivity index (χ2v) is 19.4. The molecule has 7 atom stereocenters. The molecular weight excluding hydrogens is 774 g/mol. The van der Waals surface area contributed by atoms with Crippen molar-refractivity contribution in [3.63, 3.8) is 0 Å². The lowest BCUT2D eigenvalue weighted by atomic mass is 9.88. The second-order valence-electron chi connectivity index (χ2n) is 17.3. The van der Waals surface area contributed by atoms with Crippen LogP contribution in [-0.4, -0.2) is 110 Å². The first kappa shape index (κ1) is 40.3. The van der Waals surface area contributed by atoms with Crippen LogP contribution in [0, 0.1) is 23.7 Å². The molecule has 17 heteroatoms. The maximum absolute atomic E-state index is 15.0. The van der Waals surface area contributed by atoms with E-state index in [9.17, 15) is 32.0 Å². The number of benzene rings is 1. The van der Waals surface area contributed by atoms with Crippen molar-refractivity contribution in [3.8, 4) is 11.6 Å². The van der Waals surface area contributed by atoms with E-state index in [0.29, 0.717) is 24.0 Å². The van der Waals surface area contributed by atoms with Crippen molar-refractivity contribution in [3.05, 3.63) is 42.6 Å². The van der Waals surface area contributed by atoms with E-state index in [4.69, 9.17) is 18.9 Å². The summed E-state index contributed by atoms with van der Waals surface area (Å²) in [6, 6.07) is 5.09. The number of halogens is 1. The predicted octanol–water partition coefficient (Wildman–Crippen LogP) is 4.44. The standard InChI is InChI=1S/C41H52FN5O10S.3H2/c1-24-8-4-5-9-27-18-41(27,37(50)46-58(52,53)39(21-42)14-15-39)45-34(48)31-17-28(56-35-30-11-7-6-10-29(30)32(54-3)19-43-35)20-47(31)36(49)33(25(2)16-24)44-38(51)57-40(22-55-23-40)26-12-13-26;;;/h5-7,9-11,19,24-28,31,33H,4,8,12-18,20-23H2,1-3H3,(H,44,51)(H,45,48)(H,46,50);3*1H/b9-5-;;;/t24-,25-,27-,28-,31+,33+,41-;;;/m1.../s1. The second kappa shape index (κ2) is 15.3. The van der Waals surface area contributed by atoms with Crippen molar-refractivity contribution in [2.24, 2.45) is 23.7 Å². The number of hydrogen-bond acceptors (Lipinski definition) is 11. The number of rotatable bonds is 10. The first-order valence-electron chi connectivity index (χ1n) is 20.3. The zero-order valence-corrected chi connectivity index (χ0v) is 33.9. The Balaban J connectivity index is 0.00000235. The smallest absolute Gasteiger partial charge is 0.408 e. The van der Waals surface area contributed by atoms with Crippen LogP contribution >= 0.6 is 0 Å². The number of ether oxygens (including phenoxy) is 4.